The molecule has 0 aliphatic carbocycles. The van der Waals surface area contributed by atoms with Gasteiger partial charge in [0.1, 0.15) is 11.8 Å². The number of pyridine rings is 1. The Kier molecular flexibility index (Phi) is 5.20. The highest BCUT2D eigenvalue weighted by Crippen LogP contribution is 2.15. The summed E-state index contributed by atoms with van der Waals surface area (Å²) in [5.74, 6) is 0. The van der Waals surface area contributed by atoms with Crippen molar-refractivity contribution in [3.8, 4) is 6.07 Å². The number of nitriles is 1. The van der Waals surface area contributed by atoms with Crippen molar-refractivity contribution in [2.24, 2.45) is 0 Å². The molecule has 1 aliphatic rings. The summed E-state index contributed by atoms with van der Waals surface area (Å²) in [7, 11) is 0. The Hall–Kier alpha value is -2.42. The van der Waals surface area contributed by atoms with Crippen molar-refractivity contribution in [3.63, 3.8) is 0 Å². The van der Waals surface area contributed by atoms with Gasteiger partial charge in [0, 0.05) is 26.2 Å². The second kappa shape index (κ2) is 7.73. The van der Waals surface area contributed by atoms with Crippen LogP contribution in [0.4, 0.5) is 5.69 Å². The van der Waals surface area contributed by atoms with Gasteiger partial charge in [-0.05, 0) is 23.3 Å². The second-order valence-electron chi connectivity index (χ2n) is 5.55. The smallest absolute Gasteiger partial charge is 0.140 e. The minimum Gasteiger partial charge on any atom is -0.380 e. The number of hydrogen-bond donors (Lipinski definition) is 1. The molecule has 23 heavy (non-hydrogen) atoms. The van der Waals surface area contributed by atoms with E-state index in [1.165, 1.54) is 11.1 Å². The molecule has 0 unspecified atom stereocenters. The van der Waals surface area contributed by atoms with Gasteiger partial charge in [0.15, 0.2) is 0 Å². The third kappa shape index (κ3) is 4.28. The van der Waals surface area contributed by atoms with Crippen LogP contribution in [0.3, 0.4) is 0 Å². The SMILES string of the molecule is N#Cc1ccc(NCc2ccccc2CN2CCOCC2)cn1. The fourth-order valence-electron chi connectivity index (χ4n) is 2.65. The number of ether oxygens (including phenoxy) is 1. The summed E-state index contributed by atoms with van der Waals surface area (Å²) in [5.41, 5.74) is 3.97. The molecule has 3 rings (SSSR count). The number of benzene rings is 1. The lowest BCUT2D eigenvalue weighted by Gasteiger charge is -2.27. The Morgan fingerprint density at radius 3 is 2.61 bits per heavy atom. The molecule has 2 aromatic rings. The molecule has 118 valence electrons. The standard InChI is InChI=1S/C18H20N4O/c19-11-17-5-6-18(13-21-17)20-12-15-3-1-2-4-16(15)14-22-7-9-23-10-8-22/h1-6,13,20H,7-10,12,14H2. The Labute approximate surface area is 136 Å². The van der Waals surface area contributed by atoms with Crippen LogP contribution < -0.4 is 5.32 Å². The van der Waals surface area contributed by atoms with Crippen LogP contribution >= 0.6 is 0 Å². The van der Waals surface area contributed by atoms with Gasteiger partial charge in [-0.25, -0.2) is 4.98 Å². The van der Waals surface area contributed by atoms with Crippen LogP contribution in [0.1, 0.15) is 16.8 Å². The molecular weight excluding hydrogens is 288 g/mol. The quantitative estimate of drug-likeness (QED) is 0.919. The highest BCUT2D eigenvalue weighted by atomic mass is 16.5. The lowest BCUT2D eigenvalue weighted by atomic mass is 10.1. The van der Waals surface area contributed by atoms with Gasteiger partial charge in [0.2, 0.25) is 0 Å². The van der Waals surface area contributed by atoms with Crippen LogP contribution in [-0.2, 0) is 17.8 Å². The van der Waals surface area contributed by atoms with Crippen molar-refractivity contribution < 1.29 is 4.74 Å². The molecule has 0 amide bonds. The number of nitrogens with one attached hydrogen (secondary N) is 1. The molecule has 0 saturated carbocycles. The molecule has 1 N–H and O–H groups in total. The number of anilines is 1. The first-order valence-corrected chi connectivity index (χ1v) is 7.82. The highest BCUT2D eigenvalue weighted by Gasteiger charge is 2.12. The number of rotatable bonds is 5. The van der Waals surface area contributed by atoms with E-state index in [4.69, 9.17) is 10.00 Å². The van der Waals surface area contributed by atoms with Gasteiger partial charge >= 0.3 is 0 Å². The molecule has 0 spiro atoms. The molecular formula is C18H20N4O. The van der Waals surface area contributed by atoms with E-state index in [1.807, 2.05) is 12.1 Å². The van der Waals surface area contributed by atoms with Crippen LogP contribution in [0.15, 0.2) is 42.6 Å². The summed E-state index contributed by atoms with van der Waals surface area (Å²) < 4.78 is 5.41. The molecule has 0 bridgehead atoms. The van der Waals surface area contributed by atoms with Crippen LogP contribution in [0.2, 0.25) is 0 Å². The normalized spacial score (nSPS) is 15.1. The van der Waals surface area contributed by atoms with Crippen LogP contribution in [0, 0.1) is 11.3 Å². The molecule has 1 fully saturated rings. The molecule has 1 aromatic carbocycles. The molecule has 5 nitrogen and oxygen atoms in total. The van der Waals surface area contributed by atoms with E-state index in [2.05, 4.69) is 39.5 Å². The third-order valence-electron chi connectivity index (χ3n) is 3.98. The zero-order valence-corrected chi connectivity index (χ0v) is 13.0. The molecule has 1 aromatic heterocycles. The van der Waals surface area contributed by atoms with Gasteiger partial charge in [-0.2, -0.15) is 5.26 Å². The Balaban J connectivity index is 1.63. The number of aromatic nitrogens is 1. The fourth-order valence-corrected chi connectivity index (χ4v) is 2.65. The Morgan fingerprint density at radius 2 is 1.91 bits per heavy atom. The average molecular weight is 308 g/mol. The maximum absolute atomic E-state index is 8.78. The van der Waals surface area contributed by atoms with Crippen LogP contribution in [-0.4, -0.2) is 36.2 Å². The van der Waals surface area contributed by atoms with Gasteiger partial charge in [0.25, 0.3) is 0 Å². The summed E-state index contributed by atoms with van der Waals surface area (Å²) in [4.78, 5) is 6.50. The zero-order chi connectivity index (χ0) is 15.9. The first-order chi connectivity index (χ1) is 11.3. The third-order valence-corrected chi connectivity index (χ3v) is 3.98. The Morgan fingerprint density at radius 1 is 1.13 bits per heavy atom. The lowest BCUT2D eigenvalue weighted by Crippen LogP contribution is -2.35. The van der Waals surface area contributed by atoms with E-state index >= 15 is 0 Å². The molecule has 0 atom stereocenters. The topological polar surface area (TPSA) is 61.2 Å². The Bertz CT molecular complexity index is 672. The average Bonchev–Trinajstić information content (AvgIpc) is 2.62. The van der Waals surface area contributed by atoms with Crippen molar-refractivity contribution in [2.45, 2.75) is 13.1 Å². The minimum atomic E-state index is 0.434. The summed E-state index contributed by atoms with van der Waals surface area (Å²) >= 11 is 0. The summed E-state index contributed by atoms with van der Waals surface area (Å²) in [6.07, 6.45) is 1.70. The maximum atomic E-state index is 8.78. The van der Waals surface area contributed by atoms with Crippen molar-refractivity contribution in [2.75, 3.05) is 31.6 Å². The monoisotopic (exact) mass is 308 g/mol. The second-order valence-corrected chi connectivity index (χ2v) is 5.55. The van der Waals surface area contributed by atoms with E-state index in [0.717, 1.165) is 45.1 Å². The molecule has 5 heteroatoms. The van der Waals surface area contributed by atoms with Crippen LogP contribution in [0.5, 0.6) is 0 Å². The maximum Gasteiger partial charge on any atom is 0.140 e. The highest BCUT2D eigenvalue weighted by molar-refractivity contribution is 5.44. The van der Waals surface area contributed by atoms with E-state index in [9.17, 15) is 0 Å². The number of hydrogen-bond acceptors (Lipinski definition) is 5. The minimum absolute atomic E-state index is 0.434. The van der Waals surface area contributed by atoms with Crippen LogP contribution in [0.25, 0.3) is 0 Å². The van der Waals surface area contributed by atoms with Crippen molar-refractivity contribution in [3.05, 3.63) is 59.4 Å². The number of nitrogens with zero attached hydrogens (tertiary/aromatic N) is 3. The van der Waals surface area contributed by atoms with E-state index < -0.39 is 0 Å². The molecule has 2 heterocycles. The van der Waals surface area contributed by atoms with Gasteiger partial charge in [0.05, 0.1) is 25.1 Å². The predicted molar refractivity (Wildman–Crippen MR) is 88.8 cm³/mol. The largest absolute Gasteiger partial charge is 0.380 e. The fraction of sp³-hybridized carbons (Fsp3) is 0.333. The zero-order valence-electron chi connectivity index (χ0n) is 13.0. The molecule has 0 radical (unpaired) electrons. The number of morpholine rings is 1. The molecule has 1 saturated heterocycles. The summed E-state index contributed by atoms with van der Waals surface area (Å²) in [6.45, 7) is 5.30. The van der Waals surface area contributed by atoms with Crippen molar-refractivity contribution in [1.82, 2.24) is 9.88 Å². The van der Waals surface area contributed by atoms with Gasteiger partial charge in [-0.15, -0.1) is 0 Å². The van der Waals surface area contributed by atoms with E-state index in [-0.39, 0.29) is 0 Å². The van der Waals surface area contributed by atoms with Gasteiger partial charge in [-0.3, -0.25) is 4.90 Å². The van der Waals surface area contributed by atoms with Crippen molar-refractivity contribution in [1.29, 1.82) is 5.26 Å². The predicted octanol–water partition coefficient (Wildman–Crippen LogP) is 2.40. The first-order valence-electron chi connectivity index (χ1n) is 7.82. The van der Waals surface area contributed by atoms with E-state index in [0.29, 0.717) is 5.69 Å². The first kappa shape index (κ1) is 15.5. The summed E-state index contributed by atoms with van der Waals surface area (Å²) in [6, 6.07) is 14.1. The van der Waals surface area contributed by atoms with E-state index in [1.54, 1.807) is 12.3 Å². The summed E-state index contributed by atoms with van der Waals surface area (Å²) in [5, 5.41) is 12.2. The van der Waals surface area contributed by atoms with Gasteiger partial charge in [-0.1, -0.05) is 24.3 Å². The lowest BCUT2D eigenvalue weighted by molar-refractivity contribution is 0.0341. The molecule has 1 aliphatic heterocycles. The van der Waals surface area contributed by atoms with Gasteiger partial charge < -0.3 is 10.1 Å². The van der Waals surface area contributed by atoms with Crippen molar-refractivity contribution >= 4 is 5.69 Å².